The van der Waals surface area contributed by atoms with Crippen molar-refractivity contribution in [3.05, 3.63) is 102 Å². The molecule has 8 nitrogen and oxygen atoms in total. The van der Waals surface area contributed by atoms with Crippen LogP contribution in [0.25, 0.3) is 10.8 Å². The smallest absolute Gasteiger partial charge is 0.343 e. The van der Waals surface area contributed by atoms with Gasteiger partial charge >= 0.3 is 17.8 Å². The molecule has 0 unspecified atom stereocenters. The van der Waals surface area contributed by atoms with Crippen LogP contribution in [-0.2, 0) is 9.59 Å². The van der Waals surface area contributed by atoms with E-state index < -0.39 is 17.8 Å². The third-order valence-corrected chi connectivity index (χ3v) is 5.06. The van der Waals surface area contributed by atoms with Gasteiger partial charge in [-0.25, -0.2) is 10.2 Å². The number of fused-ring (bicyclic) bond motifs is 1. The largest absolute Gasteiger partial charge is 0.497 e. The van der Waals surface area contributed by atoms with Gasteiger partial charge < -0.3 is 14.8 Å². The van der Waals surface area contributed by atoms with Gasteiger partial charge in [0, 0.05) is 11.3 Å². The Morgan fingerprint density at radius 3 is 2.26 bits per heavy atom. The number of hydrazone groups is 1. The van der Waals surface area contributed by atoms with Crippen molar-refractivity contribution in [3.8, 4) is 11.5 Å². The molecule has 174 valence electrons. The van der Waals surface area contributed by atoms with Crippen molar-refractivity contribution in [3.63, 3.8) is 0 Å². The van der Waals surface area contributed by atoms with Gasteiger partial charge in [-0.3, -0.25) is 9.59 Å². The topological polar surface area (TPSA) is 106 Å². The highest BCUT2D eigenvalue weighted by Crippen LogP contribution is 2.27. The standard InChI is InChI=1S/C27H21N3O5/c1-34-21-14-12-20(13-15-21)29-25(31)26(32)30-28-17-23-22-10-6-5-7-18(22)11-16-24(23)35-27(33)19-8-3-2-4-9-19/h2-17H,1H3,(H,29,31)(H,30,32)/b28-17+. The van der Waals surface area contributed by atoms with Gasteiger partial charge in [0.15, 0.2) is 0 Å². The number of anilines is 1. The summed E-state index contributed by atoms with van der Waals surface area (Å²) in [6, 6.07) is 26.1. The number of carbonyl (C=O) groups is 3. The quantitative estimate of drug-likeness (QED) is 0.146. The van der Waals surface area contributed by atoms with Crippen LogP contribution in [-0.4, -0.2) is 31.1 Å². The molecular formula is C27H21N3O5. The normalized spacial score (nSPS) is 10.7. The van der Waals surface area contributed by atoms with Crippen LogP contribution in [0.4, 0.5) is 5.69 Å². The maximum atomic E-state index is 12.6. The lowest BCUT2D eigenvalue weighted by atomic mass is 10.0. The molecule has 0 atom stereocenters. The Morgan fingerprint density at radius 1 is 0.800 bits per heavy atom. The van der Waals surface area contributed by atoms with Gasteiger partial charge in [0.1, 0.15) is 11.5 Å². The van der Waals surface area contributed by atoms with Crippen LogP contribution in [0.5, 0.6) is 11.5 Å². The first kappa shape index (κ1) is 23.2. The number of hydrogen-bond donors (Lipinski definition) is 2. The molecule has 35 heavy (non-hydrogen) atoms. The van der Waals surface area contributed by atoms with Crippen LogP contribution >= 0.6 is 0 Å². The maximum absolute atomic E-state index is 12.6. The highest BCUT2D eigenvalue weighted by molar-refractivity contribution is 6.39. The summed E-state index contributed by atoms with van der Waals surface area (Å²) >= 11 is 0. The molecule has 4 aromatic rings. The average Bonchev–Trinajstić information content (AvgIpc) is 2.90. The molecule has 0 fully saturated rings. The lowest BCUT2D eigenvalue weighted by molar-refractivity contribution is -0.136. The lowest BCUT2D eigenvalue weighted by Crippen LogP contribution is -2.32. The summed E-state index contributed by atoms with van der Waals surface area (Å²) in [7, 11) is 1.53. The van der Waals surface area contributed by atoms with E-state index in [9.17, 15) is 14.4 Å². The number of esters is 1. The van der Waals surface area contributed by atoms with Crippen LogP contribution in [0.2, 0.25) is 0 Å². The Balaban J connectivity index is 1.51. The molecule has 0 heterocycles. The van der Waals surface area contributed by atoms with Crippen LogP contribution in [0.15, 0.2) is 96.1 Å². The molecule has 0 radical (unpaired) electrons. The lowest BCUT2D eigenvalue weighted by Gasteiger charge is -2.10. The molecule has 0 aromatic heterocycles. The molecule has 0 aliphatic heterocycles. The van der Waals surface area contributed by atoms with Gasteiger partial charge in [-0.05, 0) is 53.2 Å². The van der Waals surface area contributed by atoms with Crippen molar-refractivity contribution < 1.29 is 23.9 Å². The Hall–Kier alpha value is -4.98. The number of nitrogens with zero attached hydrogens (tertiary/aromatic N) is 1. The van der Waals surface area contributed by atoms with Crippen molar-refractivity contribution in [2.24, 2.45) is 5.10 Å². The molecule has 0 aliphatic carbocycles. The van der Waals surface area contributed by atoms with Crippen LogP contribution in [0, 0.1) is 0 Å². The minimum absolute atomic E-state index is 0.262. The molecule has 4 aromatic carbocycles. The fourth-order valence-electron chi connectivity index (χ4n) is 3.30. The highest BCUT2D eigenvalue weighted by Gasteiger charge is 2.15. The number of amides is 2. The SMILES string of the molecule is COc1ccc(NC(=O)C(=O)N/N=C/c2c(OC(=O)c3ccccc3)ccc3ccccc23)cc1. The third kappa shape index (κ3) is 5.69. The van der Waals surface area contributed by atoms with Gasteiger partial charge in [0.25, 0.3) is 0 Å². The van der Waals surface area contributed by atoms with Gasteiger partial charge in [-0.1, -0.05) is 48.5 Å². The second kappa shape index (κ2) is 10.8. The molecule has 0 bridgehead atoms. The zero-order chi connectivity index (χ0) is 24.6. The molecule has 8 heteroatoms. The van der Waals surface area contributed by atoms with E-state index >= 15 is 0 Å². The van der Waals surface area contributed by atoms with Crippen molar-refractivity contribution in [1.29, 1.82) is 0 Å². The number of rotatable bonds is 6. The summed E-state index contributed by atoms with van der Waals surface area (Å²) in [5.41, 5.74) is 3.50. The van der Waals surface area contributed by atoms with Crippen molar-refractivity contribution >= 4 is 40.5 Å². The van der Waals surface area contributed by atoms with Crippen LogP contribution in [0.3, 0.4) is 0 Å². The number of nitrogens with one attached hydrogen (secondary N) is 2. The second-order valence-corrected chi connectivity index (χ2v) is 7.34. The zero-order valence-electron chi connectivity index (χ0n) is 18.7. The molecular weight excluding hydrogens is 446 g/mol. The molecule has 0 spiro atoms. The fraction of sp³-hybridized carbons (Fsp3) is 0.0370. The van der Waals surface area contributed by atoms with Gasteiger partial charge in [0.2, 0.25) is 0 Å². The minimum atomic E-state index is -0.958. The van der Waals surface area contributed by atoms with E-state index in [1.54, 1.807) is 60.7 Å². The van der Waals surface area contributed by atoms with E-state index in [-0.39, 0.29) is 5.75 Å². The second-order valence-electron chi connectivity index (χ2n) is 7.34. The average molecular weight is 467 g/mol. The first-order valence-electron chi connectivity index (χ1n) is 10.6. The Bertz CT molecular complexity index is 1400. The summed E-state index contributed by atoms with van der Waals surface area (Å²) in [4.78, 5) is 37.0. The first-order valence-corrected chi connectivity index (χ1v) is 10.6. The number of carbonyl (C=O) groups excluding carboxylic acids is 3. The van der Waals surface area contributed by atoms with E-state index in [0.717, 1.165) is 10.8 Å². The maximum Gasteiger partial charge on any atom is 0.343 e. The monoisotopic (exact) mass is 467 g/mol. The number of methoxy groups -OCH3 is 1. The predicted molar refractivity (Wildman–Crippen MR) is 133 cm³/mol. The van der Waals surface area contributed by atoms with E-state index in [2.05, 4.69) is 15.8 Å². The van der Waals surface area contributed by atoms with Crippen molar-refractivity contribution in [2.75, 3.05) is 12.4 Å². The number of benzene rings is 4. The summed E-state index contributed by atoms with van der Waals surface area (Å²) in [5, 5.41) is 8.05. The minimum Gasteiger partial charge on any atom is -0.497 e. The molecule has 0 aliphatic rings. The van der Waals surface area contributed by atoms with E-state index in [1.807, 2.05) is 30.3 Å². The van der Waals surface area contributed by atoms with E-state index in [1.165, 1.54) is 13.3 Å². The fourth-order valence-corrected chi connectivity index (χ4v) is 3.30. The van der Waals surface area contributed by atoms with Crippen molar-refractivity contribution in [2.45, 2.75) is 0 Å². The highest BCUT2D eigenvalue weighted by atomic mass is 16.5. The molecule has 2 N–H and O–H groups in total. The van der Waals surface area contributed by atoms with Crippen LogP contribution < -0.4 is 20.2 Å². The molecule has 2 amide bonds. The first-order chi connectivity index (χ1) is 17.0. The summed E-state index contributed by atoms with van der Waals surface area (Å²) in [6.07, 6.45) is 1.34. The zero-order valence-corrected chi connectivity index (χ0v) is 18.7. The Morgan fingerprint density at radius 2 is 1.51 bits per heavy atom. The Labute approximate surface area is 201 Å². The predicted octanol–water partition coefficient (Wildman–Crippen LogP) is 4.16. The van der Waals surface area contributed by atoms with Gasteiger partial charge in [0.05, 0.1) is 18.9 Å². The molecule has 4 rings (SSSR count). The summed E-state index contributed by atoms with van der Waals surface area (Å²) in [5.74, 6) is -1.49. The summed E-state index contributed by atoms with van der Waals surface area (Å²) in [6.45, 7) is 0. The Kier molecular flexibility index (Phi) is 7.13. The van der Waals surface area contributed by atoms with E-state index in [4.69, 9.17) is 9.47 Å². The molecule has 0 saturated carbocycles. The van der Waals surface area contributed by atoms with Gasteiger partial charge in [-0.15, -0.1) is 0 Å². The number of hydrogen-bond acceptors (Lipinski definition) is 6. The summed E-state index contributed by atoms with van der Waals surface area (Å²) < 4.78 is 10.7. The van der Waals surface area contributed by atoms with Gasteiger partial charge in [-0.2, -0.15) is 5.10 Å². The third-order valence-electron chi connectivity index (χ3n) is 5.06. The van der Waals surface area contributed by atoms with Crippen LogP contribution in [0.1, 0.15) is 15.9 Å². The van der Waals surface area contributed by atoms with E-state index in [0.29, 0.717) is 22.6 Å². The number of ether oxygens (including phenoxy) is 2. The van der Waals surface area contributed by atoms with Crippen molar-refractivity contribution in [1.82, 2.24) is 5.43 Å². The molecule has 0 saturated heterocycles.